The average molecular weight is 234 g/mol. The summed E-state index contributed by atoms with van der Waals surface area (Å²) in [4.78, 5) is 0. The molecule has 92 valence electrons. The van der Waals surface area contributed by atoms with Gasteiger partial charge in [0.2, 0.25) is 0 Å². The fourth-order valence-corrected chi connectivity index (χ4v) is 1.79. The Balaban J connectivity index is 2.55. The molecule has 1 N–H and O–H groups in total. The maximum atomic E-state index is 13.7. The van der Waals surface area contributed by atoms with E-state index in [1.165, 1.54) is 6.07 Å². The second-order valence-corrected chi connectivity index (χ2v) is 4.20. The summed E-state index contributed by atoms with van der Waals surface area (Å²) in [5.41, 5.74) is 0.682. The van der Waals surface area contributed by atoms with Crippen LogP contribution >= 0.6 is 0 Å². The Labute approximate surface area is 102 Å². The Hall–Kier alpha value is -1.40. The van der Waals surface area contributed by atoms with Crippen molar-refractivity contribution in [2.45, 2.75) is 33.2 Å². The number of hydrogen-bond donors (Lipinski definition) is 1. The van der Waals surface area contributed by atoms with E-state index < -0.39 is 5.82 Å². The number of nitrogens with zero attached hydrogens (tertiary/aromatic N) is 1. The van der Waals surface area contributed by atoms with Gasteiger partial charge in [-0.2, -0.15) is 5.26 Å². The molecule has 1 aromatic rings. The van der Waals surface area contributed by atoms with Crippen LogP contribution in [0.5, 0.6) is 0 Å². The lowest BCUT2D eigenvalue weighted by Crippen LogP contribution is -2.22. The van der Waals surface area contributed by atoms with Gasteiger partial charge in [-0.25, -0.2) is 4.39 Å². The van der Waals surface area contributed by atoms with Gasteiger partial charge in [0.25, 0.3) is 0 Å². The molecule has 0 bridgehead atoms. The van der Waals surface area contributed by atoms with Gasteiger partial charge in [-0.15, -0.1) is 0 Å². The first-order valence-corrected chi connectivity index (χ1v) is 6.11. The fraction of sp³-hybridized carbons (Fsp3) is 0.500. The number of rotatable bonds is 6. The van der Waals surface area contributed by atoms with E-state index in [0.29, 0.717) is 18.0 Å². The van der Waals surface area contributed by atoms with Crippen molar-refractivity contribution in [3.05, 3.63) is 35.1 Å². The number of benzene rings is 1. The zero-order valence-electron chi connectivity index (χ0n) is 10.5. The Kier molecular flexibility index (Phi) is 5.65. The second-order valence-electron chi connectivity index (χ2n) is 4.20. The van der Waals surface area contributed by atoms with Crippen LogP contribution in [0.15, 0.2) is 18.2 Å². The van der Waals surface area contributed by atoms with E-state index in [9.17, 15) is 4.39 Å². The van der Waals surface area contributed by atoms with Gasteiger partial charge in [0.1, 0.15) is 11.9 Å². The highest BCUT2D eigenvalue weighted by atomic mass is 19.1. The van der Waals surface area contributed by atoms with Crippen LogP contribution in [0.25, 0.3) is 0 Å². The van der Waals surface area contributed by atoms with Gasteiger partial charge in [-0.05, 0) is 18.5 Å². The third-order valence-electron chi connectivity index (χ3n) is 3.10. The fourth-order valence-electron chi connectivity index (χ4n) is 1.79. The van der Waals surface area contributed by atoms with E-state index in [0.717, 1.165) is 19.4 Å². The van der Waals surface area contributed by atoms with Gasteiger partial charge in [-0.3, -0.25) is 0 Å². The third kappa shape index (κ3) is 3.83. The number of nitriles is 1. The first-order valence-electron chi connectivity index (χ1n) is 6.11. The summed E-state index contributed by atoms with van der Waals surface area (Å²) < 4.78 is 13.7. The molecule has 0 spiro atoms. The minimum atomic E-state index is -0.396. The zero-order valence-corrected chi connectivity index (χ0v) is 10.5. The molecule has 0 heterocycles. The minimum Gasteiger partial charge on any atom is -0.312 e. The smallest absolute Gasteiger partial charge is 0.145 e. The molecule has 0 aromatic heterocycles. The van der Waals surface area contributed by atoms with Crippen molar-refractivity contribution < 1.29 is 4.39 Å². The van der Waals surface area contributed by atoms with Crippen molar-refractivity contribution in [1.82, 2.24) is 5.32 Å². The topological polar surface area (TPSA) is 35.8 Å². The predicted octanol–water partition coefficient (Wildman–Crippen LogP) is 3.22. The first-order chi connectivity index (χ1) is 8.22. The molecule has 0 aliphatic heterocycles. The lowest BCUT2D eigenvalue weighted by atomic mass is 10.0. The number of nitrogens with one attached hydrogen (secondary N) is 1. The van der Waals surface area contributed by atoms with E-state index in [-0.39, 0.29) is 5.56 Å². The molecule has 0 amide bonds. The highest BCUT2D eigenvalue weighted by Gasteiger charge is 2.08. The van der Waals surface area contributed by atoms with E-state index in [1.807, 2.05) is 6.07 Å². The van der Waals surface area contributed by atoms with Gasteiger partial charge in [0.05, 0.1) is 5.56 Å². The summed E-state index contributed by atoms with van der Waals surface area (Å²) in [7, 11) is 0. The van der Waals surface area contributed by atoms with Crippen LogP contribution in [0, 0.1) is 23.1 Å². The Bertz CT molecular complexity index is 392. The molecule has 0 atom stereocenters. The predicted molar refractivity (Wildman–Crippen MR) is 66.9 cm³/mol. The average Bonchev–Trinajstić information content (AvgIpc) is 2.36. The van der Waals surface area contributed by atoms with Crippen molar-refractivity contribution in [2.75, 3.05) is 6.54 Å². The lowest BCUT2D eigenvalue weighted by molar-refractivity contribution is 0.446. The number of halogens is 1. The van der Waals surface area contributed by atoms with Crippen LogP contribution < -0.4 is 5.32 Å². The second kappa shape index (κ2) is 7.03. The van der Waals surface area contributed by atoms with Crippen LogP contribution in [-0.2, 0) is 6.54 Å². The molecular weight excluding hydrogens is 215 g/mol. The standard InChI is InChI=1S/C14H19FN2/c1-3-11(4-2)9-17-10-13-7-5-6-12(8-16)14(13)15/h5-7,11,17H,3-4,9-10H2,1-2H3. The summed E-state index contributed by atoms with van der Waals surface area (Å²) in [6.45, 7) is 5.69. The van der Waals surface area contributed by atoms with E-state index in [4.69, 9.17) is 5.26 Å². The van der Waals surface area contributed by atoms with Crippen molar-refractivity contribution in [1.29, 1.82) is 5.26 Å². The first kappa shape index (κ1) is 13.7. The molecule has 0 saturated heterocycles. The quantitative estimate of drug-likeness (QED) is 0.820. The molecule has 1 rings (SSSR count). The van der Waals surface area contributed by atoms with Crippen LogP contribution in [0.3, 0.4) is 0 Å². The molecule has 0 aliphatic carbocycles. The Morgan fingerprint density at radius 3 is 2.65 bits per heavy atom. The highest BCUT2D eigenvalue weighted by molar-refractivity contribution is 5.34. The van der Waals surface area contributed by atoms with Crippen molar-refractivity contribution in [3.63, 3.8) is 0 Å². The highest BCUT2D eigenvalue weighted by Crippen LogP contribution is 2.12. The SMILES string of the molecule is CCC(CC)CNCc1cccc(C#N)c1F. The number of hydrogen-bond acceptors (Lipinski definition) is 2. The monoisotopic (exact) mass is 234 g/mol. The minimum absolute atomic E-state index is 0.117. The van der Waals surface area contributed by atoms with Gasteiger partial charge >= 0.3 is 0 Å². The van der Waals surface area contributed by atoms with Crippen LogP contribution in [0.4, 0.5) is 4.39 Å². The van der Waals surface area contributed by atoms with Crippen molar-refractivity contribution >= 4 is 0 Å². The maximum Gasteiger partial charge on any atom is 0.145 e. The summed E-state index contributed by atoms with van der Waals surface area (Å²) in [6, 6.07) is 6.79. The zero-order chi connectivity index (χ0) is 12.7. The van der Waals surface area contributed by atoms with Gasteiger partial charge in [0, 0.05) is 12.1 Å². The largest absolute Gasteiger partial charge is 0.312 e. The van der Waals surface area contributed by atoms with Gasteiger partial charge in [-0.1, -0.05) is 38.8 Å². The lowest BCUT2D eigenvalue weighted by Gasteiger charge is -2.13. The third-order valence-corrected chi connectivity index (χ3v) is 3.10. The van der Waals surface area contributed by atoms with Gasteiger partial charge in [0.15, 0.2) is 0 Å². The van der Waals surface area contributed by atoms with Crippen LogP contribution in [0.2, 0.25) is 0 Å². The van der Waals surface area contributed by atoms with E-state index in [1.54, 1.807) is 12.1 Å². The summed E-state index contributed by atoms with van der Waals surface area (Å²) >= 11 is 0. The molecule has 17 heavy (non-hydrogen) atoms. The summed E-state index contributed by atoms with van der Waals surface area (Å²) in [6.07, 6.45) is 2.26. The molecule has 0 aliphatic rings. The van der Waals surface area contributed by atoms with Crippen LogP contribution in [-0.4, -0.2) is 6.54 Å². The molecular formula is C14H19FN2. The van der Waals surface area contributed by atoms with Crippen molar-refractivity contribution in [2.24, 2.45) is 5.92 Å². The molecule has 0 fully saturated rings. The molecule has 0 unspecified atom stereocenters. The van der Waals surface area contributed by atoms with Gasteiger partial charge < -0.3 is 5.32 Å². The van der Waals surface area contributed by atoms with Crippen LogP contribution in [0.1, 0.15) is 37.8 Å². The maximum absolute atomic E-state index is 13.7. The van der Waals surface area contributed by atoms with E-state index >= 15 is 0 Å². The van der Waals surface area contributed by atoms with Crippen molar-refractivity contribution in [3.8, 4) is 6.07 Å². The van der Waals surface area contributed by atoms with E-state index in [2.05, 4.69) is 19.2 Å². The molecule has 3 heteroatoms. The summed E-state index contributed by atoms with van der Waals surface area (Å²) in [5, 5.41) is 12.0. The molecule has 0 saturated carbocycles. The molecule has 1 aromatic carbocycles. The normalized spacial score (nSPS) is 10.5. The Morgan fingerprint density at radius 2 is 2.06 bits per heavy atom. The molecule has 0 radical (unpaired) electrons. The molecule has 2 nitrogen and oxygen atoms in total. The Morgan fingerprint density at radius 1 is 1.35 bits per heavy atom. The summed E-state index contributed by atoms with van der Waals surface area (Å²) in [5.74, 6) is 0.240.